The summed E-state index contributed by atoms with van der Waals surface area (Å²) in [4.78, 5) is 25.0. The summed E-state index contributed by atoms with van der Waals surface area (Å²) in [6, 6.07) is 9.86. The van der Waals surface area contributed by atoms with E-state index in [-0.39, 0.29) is 5.57 Å². The normalized spacial score (nSPS) is 18.7. The van der Waals surface area contributed by atoms with Gasteiger partial charge in [-0.1, -0.05) is 30.9 Å². The van der Waals surface area contributed by atoms with Crippen LogP contribution in [0.3, 0.4) is 0 Å². The molecule has 7 heteroatoms. The molecule has 0 aliphatic heterocycles. The van der Waals surface area contributed by atoms with Gasteiger partial charge in [-0.25, -0.2) is 9.97 Å². The molecule has 4 N–H and O–H groups in total. The van der Waals surface area contributed by atoms with Crippen molar-refractivity contribution in [3.63, 3.8) is 0 Å². The van der Waals surface area contributed by atoms with E-state index < -0.39 is 18.2 Å². The molecule has 148 valence electrons. The van der Waals surface area contributed by atoms with Gasteiger partial charge in [-0.2, -0.15) is 0 Å². The van der Waals surface area contributed by atoms with Gasteiger partial charge in [-0.05, 0) is 31.0 Å². The fourth-order valence-electron chi connectivity index (χ4n) is 4.08. The van der Waals surface area contributed by atoms with Gasteiger partial charge in [0.2, 0.25) is 5.91 Å². The summed E-state index contributed by atoms with van der Waals surface area (Å²) in [5, 5.41) is 0.978. The number of nitrogen functional groups attached to an aromatic ring is 1. The Morgan fingerprint density at radius 1 is 1.30 bits per heavy atom. The number of allylic oxidation sites excluding steroid dienone is 2. The molecule has 7 nitrogen and oxygen atoms in total. The largest absolute Gasteiger partial charge is 0.382 e. The first-order valence-corrected chi connectivity index (χ1v) is 9.48. The highest BCUT2D eigenvalue weighted by Gasteiger charge is 2.30. The fraction of sp³-hybridized carbons (Fsp3) is 0.130. The Morgan fingerprint density at radius 3 is 2.90 bits per heavy atom. The number of aromatic nitrogens is 4. The maximum atomic E-state index is 11.8. The van der Waals surface area contributed by atoms with Crippen molar-refractivity contribution in [2.75, 3.05) is 5.73 Å². The number of amides is 1. The van der Waals surface area contributed by atoms with Gasteiger partial charge in [0.25, 0.3) is 0 Å². The Hall–Kier alpha value is -4.00. The second kappa shape index (κ2) is 6.52. The van der Waals surface area contributed by atoms with Gasteiger partial charge in [0.1, 0.15) is 11.8 Å². The van der Waals surface area contributed by atoms with E-state index in [1.54, 1.807) is 6.20 Å². The number of carbonyl (C=O) groups is 1. The Bertz CT molecular complexity index is 1440. The van der Waals surface area contributed by atoms with Crippen LogP contribution in [-0.4, -0.2) is 25.4 Å². The Balaban J connectivity index is 1.85. The number of nitrogens with zero attached hydrogens (tertiary/aromatic N) is 4. The highest BCUT2D eigenvalue weighted by atomic mass is 16.1. The third-order valence-corrected chi connectivity index (χ3v) is 5.51. The zero-order valence-electron chi connectivity index (χ0n) is 17.3. The molecule has 4 aromatic rings. The van der Waals surface area contributed by atoms with Gasteiger partial charge < -0.3 is 16.0 Å². The summed E-state index contributed by atoms with van der Waals surface area (Å²) in [5.74, 6) is -0.862. The highest BCUT2D eigenvalue weighted by Crippen LogP contribution is 2.40. The molecule has 0 saturated heterocycles. The van der Waals surface area contributed by atoms with E-state index in [0.717, 1.165) is 27.9 Å². The smallest absolute Gasteiger partial charge is 0.244 e. The molecule has 3 heterocycles. The molecular formula is C23H20N6O. The SMILES string of the molecule is [2H]C1c2c(n(-c3cnc4ccccc4c3)c3c(N)ncnc23)C(C)=C[C@H]1C(=C)C(N)=O. The van der Waals surface area contributed by atoms with Crippen LogP contribution in [0.25, 0.3) is 33.2 Å². The minimum atomic E-state index is -0.815. The number of primary amides is 1. The van der Waals surface area contributed by atoms with E-state index in [4.69, 9.17) is 12.8 Å². The third kappa shape index (κ3) is 2.59. The molecule has 1 aliphatic carbocycles. The second-order valence-electron chi connectivity index (χ2n) is 7.37. The number of hydrogen-bond donors (Lipinski definition) is 2. The number of carbonyl (C=O) groups excluding carboxylic acids is 1. The number of hydrogen-bond acceptors (Lipinski definition) is 5. The molecule has 1 aromatic carbocycles. The topological polar surface area (TPSA) is 113 Å². The number of benzene rings is 1. The molecular weight excluding hydrogens is 376 g/mol. The van der Waals surface area contributed by atoms with Crippen LogP contribution in [0.1, 0.15) is 19.6 Å². The summed E-state index contributed by atoms with van der Waals surface area (Å²) >= 11 is 0. The lowest BCUT2D eigenvalue weighted by atomic mass is 9.84. The molecule has 2 atom stereocenters. The van der Waals surface area contributed by atoms with Crippen LogP contribution in [-0.2, 0) is 11.2 Å². The van der Waals surface area contributed by atoms with Gasteiger partial charge >= 0.3 is 0 Å². The quantitative estimate of drug-likeness (QED) is 0.516. The number of anilines is 1. The molecule has 3 aromatic heterocycles. The van der Waals surface area contributed by atoms with Crippen LogP contribution in [0.4, 0.5) is 5.82 Å². The van der Waals surface area contributed by atoms with E-state index in [9.17, 15) is 4.79 Å². The Labute approximate surface area is 174 Å². The zero-order valence-corrected chi connectivity index (χ0v) is 16.3. The third-order valence-electron chi connectivity index (χ3n) is 5.51. The maximum Gasteiger partial charge on any atom is 0.244 e. The minimum Gasteiger partial charge on any atom is -0.382 e. The van der Waals surface area contributed by atoms with Gasteiger partial charge in [-0.15, -0.1) is 0 Å². The molecule has 1 unspecified atom stereocenters. The van der Waals surface area contributed by atoms with Crippen molar-refractivity contribution in [2.24, 2.45) is 11.7 Å². The second-order valence-corrected chi connectivity index (χ2v) is 7.37. The molecule has 5 rings (SSSR count). The summed E-state index contributed by atoms with van der Waals surface area (Å²) in [6.45, 7) is 5.75. The lowest BCUT2D eigenvalue weighted by Gasteiger charge is -2.22. The molecule has 0 fully saturated rings. The molecule has 0 saturated carbocycles. The van der Waals surface area contributed by atoms with Crippen LogP contribution in [0.5, 0.6) is 0 Å². The van der Waals surface area contributed by atoms with E-state index in [2.05, 4.69) is 21.5 Å². The first-order valence-electron chi connectivity index (χ1n) is 10.1. The monoisotopic (exact) mass is 397 g/mol. The predicted octanol–water partition coefficient (Wildman–Crippen LogP) is 3.17. The van der Waals surface area contributed by atoms with Gasteiger partial charge in [0.05, 0.1) is 28.6 Å². The average molecular weight is 397 g/mol. The summed E-state index contributed by atoms with van der Waals surface area (Å²) < 4.78 is 10.9. The molecule has 0 bridgehead atoms. The number of fused-ring (bicyclic) bond motifs is 4. The molecule has 1 aliphatic rings. The van der Waals surface area contributed by atoms with Crippen LogP contribution in [0.2, 0.25) is 0 Å². The lowest BCUT2D eigenvalue weighted by molar-refractivity contribution is -0.114. The van der Waals surface area contributed by atoms with Crippen LogP contribution < -0.4 is 11.5 Å². The van der Waals surface area contributed by atoms with Gasteiger partial charge in [0.15, 0.2) is 5.82 Å². The van der Waals surface area contributed by atoms with Crippen LogP contribution in [0.15, 0.2) is 61.1 Å². The van der Waals surface area contributed by atoms with E-state index in [0.29, 0.717) is 22.4 Å². The van der Waals surface area contributed by atoms with Crippen molar-refractivity contribution in [2.45, 2.75) is 13.3 Å². The fourth-order valence-corrected chi connectivity index (χ4v) is 4.08. The van der Waals surface area contributed by atoms with Crippen molar-refractivity contribution in [1.82, 2.24) is 19.5 Å². The standard InChI is InChI=1S/C23H20N6O/c1-12-7-15(13(2)23(25)30)9-17-19-21(22(24)28-11-27-19)29(20(12)17)16-8-14-5-3-4-6-18(14)26-10-16/h3-8,10-11,15H,2,9H2,1H3,(H2,25,30)(H2,24,27,28)/t15-/m1/s1/i9D/t9?,15-. The summed E-state index contributed by atoms with van der Waals surface area (Å²) in [6.07, 6.45) is 4.21. The van der Waals surface area contributed by atoms with Crippen LogP contribution in [0, 0.1) is 5.92 Å². The van der Waals surface area contributed by atoms with Crippen molar-refractivity contribution in [3.05, 3.63) is 72.3 Å². The van der Waals surface area contributed by atoms with E-state index in [1.165, 1.54) is 6.33 Å². The predicted molar refractivity (Wildman–Crippen MR) is 118 cm³/mol. The van der Waals surface area contributed by atoms with E-state index >= 15 is 0 Å². The Morgan fingerprint density at radius 2 is 2.10 bits per heavy atom. The zero-order chi connectivity index (χ0) is 21.9. The van der Waals surface area contributed by atoms with Crippen LogP contribution >= 0.6 is 0 Å². The molecule has 30 heavy (non-hydrogen) atoms. The summed E-state index contributed by atoms with van der Waals surface area (Å²) in [7, 11) is 0. The van der Waals surface area contributed by atoms with Gasteiger partial charge in [0, 0.05) is 23.8 Å². The van der Waals surface area contributed by atoms with Crippen molar-refractivity contribution >= 4 is 39.2 Å². The Kier molecular flexibility index (Phi) is 3.67. The van der Waals surface area contributed by atoms with Gasteiger partial charge in [-0.3, -0.25) is 9.78 Å². The minimum absolute atomic E-state index is 0.195. The molecule has 1 amide bonds. The molecule has 0 spiro atoms. The number of nitrogens with two attached hydrogens (primary N) is 2. The lowest BCUT2D eigenvalue weighted by Crippen LogP contribution is -2.22. The average Bonchev–Trinajstić information content (AvgIpc) is 3.13. The number of pyridine rings is 1. The number of rotatable bonds is 3. The summed E-state index contributed by atoms with van der Waals surface area (Å²) in [5.41, 5.74) is 17.1. The van der Waals surface area contributed by atoms with Crippen molar-refractivity contribution in [3.8, 4) is 5.69 Å². The van der Waals surface area contributed by atoms with Crippen molar-refractivity contribution < 1.29 is 6.17 Å². The number of para-hydroxylation sites is 1. The maximum absolute atomic E-state index is 11.8. The highest BCUT2D eigenvalue weighted by molar-refractivity contribution is 5.97. The van der Waals surface area contributed by atoms with Crippen molar-refractivity contribution in [1.29, 1.82) is 0 Å². The van der Waals surface area contributed by atoms with E-state index in [1.807, 2.05) is 47.9 Å². The first-order chi connectivity index (χ1) is 14.9. The molecule has 0 radical (unpaired) electrons. The first kappa shape index (κ1) is 16.9.